The van der Waals surface area contributed by atoms with Crippen molar-refractivity contribution in [3.8, 4) is 5.75 Å². The number of nitrogens with one attached hydrogen (secondary N) is 1. The first-order chi connectivity index (χ1) is 19.9. The first-order valence-corrected chi connectivity index (χ1v) is 13.7. The molecule has 9 nitrogen and oxygen atoms in total. The lowest BCUT2D eigenvalue weighted by Crippen LogP contribution is -2.30. The van der Waals surface area contributed by atoms with Crippen LogP contribution in [0.2, 0.25) is 0 Å². The number of likely N-dealkylation sites (N-methyl/N-ethyl adjacent to an activating group) is 1. The van der Waals surface area contributed by atoms with Crippen LogP contribution in [0.1, 0.15) is 53.0 Å². The van der Waals surface area contributed by atoms with Crippen LogP contribution in [-0.2, 0) is 23.9 Å². The van der Waals surface area contributed by atoms with E-state index in [1.165, 1.54) is 14.2 Å². The molecule has 2 atom stereocenters. The van der Waals surface area contributed by atoms with E-state index < -0.39 is 17.8 Å². The number of nitrogens with two attached hydrogens (primary N) is 1. The van der Waals surface area contributed by atoms with Gasteiger partial charge in [-0.15, -0.1) is 0 Å². The zero-order valence-corrected chi connectivity index (χ0v) is 26.0. The zero-order valence-electron chi connectivity index (χ0n) is 26.0. The number of rotatable bonds is 16. The predicted molar refractivity (Wildman–Crippen MR) is 167 cm³/mol. The molecule has 2 amide bonds. The number of carboxylic acids is 1. The van der Waals surface area contributed by atoms with Gasteiger partial charge in [0.2, 0.25) is 5.91 Å². The van der Waals surface area contributed by atoms with Crippen molar-refractivity contribution in [1.29, 1.82) is 0 Å². The van der Waals surface area contributed by atoms with Gasteiger partial charge in [-0.2, -0.15) is 0 Å². The van der Waals surface area contributed by atoms with E-state index in [-0.39, 0.29) is 18.2 Å². The van der Waals surface area contributed by atoms with E-state index in [1.807, 2.05) is 40.7 Å². The van der Waals surface area contributed by atoms with Crippen molar-refractivity contribution in [2.75, 3.05) is 21.3 Å². The molecule has 0 heterocycles. The number of allylic oxidation sites excluding steroid dienone is 7. The van der Waals surface area contributed by atoms with E-state index in [9.17, 15) is 14.4 Å². The van der Waals surface area contributed by atoms with Crippen molar-refractivity contribution in [2.24, 2.45) is 17.6 Å². The largest absolute Gasteiger partial charge is 0.497 e. The number of carbonyl (C=O) groups is 3. The fraction of sp³-hybridized carbons (Fsp3) is 0.364. The maximum absolute atomic E-state index is 12.7. The molecule has 0 saturated carbocycles. The molecule has 0 aromatic heterocycles. The molecule has 0 aliphatic heterocycles. The molecule has 2 unspecified atom stereocenters. The number of hydrogen-bond donors (Lipinski definition) is 3. The summed E-state index contributed by atoms with van der Waals surface area (Å²) < 4.78 is 16.4. The Labute approximate surface area is 250 Å². The number of ether oxygens (including phenoxy) is 3. The van der Waals surface area contributed by atoms with Crippen molar-refractivity contribution in [2.45, 2.75) is 47.5 Å². The van der Waals surface area contributed by atoms with Gasteiger partial charge >= 0.3 is 5.97 Å². The van der Waals surface area contributed by atoms with Gasteiger partial charge in [0.15, 0.2) is 0 Å². The third-order valence-electron chi connectivity index (χ3n) is 5.84. The molecule has 0 bridgehead atoms. The van der Waals surface area contributed by atoms with E-state index in [0.717, 1.165) is 5.57 Å². The molecule has 0 saturated heterocycles. The highest BCUT2D eigenvalue weighted by atomic mass is 16.5. The lowest BCUT2D eigenvalue weighted by Gasteiger charge is -2.12. The fourth-order valence-electron chi connectivity index (χ4n) is 3.49. The Morgan fingerprint density at radius 2 is 1.64 bits per heavy atom. The van der Waals surface area contributed by atoms with E-state index >= 15 is 0 Å². The maximum Gasteiger partial charge on any atom is 0.316 e. The highest BCUT2D eigenvalue weighted by Gasteiger charge is 2.23. The average Bonchev–Trinajstić information content (AvgIpc) is 2.98. The second kappa shape index (κ2) is 20.4. The van der Waals surface area contributed by atoms with Crippen LogP contribution in [0, 0.1) is 11.8 Å². The molecule has 42 heavy (non-hydrogen) atoms. The molecule has 0 radical (unpaired) electrons. The summed E-state index contributed by atoms with van der Waals surface area (Å²) in [5.74, 6) is -1.39. The number of primary amides is 1. The van der Waals surface area contributed by atoms with Crippen LogP contribution in [0.4, 0.5) is 0 Å². The van der Waals surface area contributed by atoms with E-state index in [4.69, 9.17) is 25.1 Å². The van der Waals surface area contributed by atoms with Gasteiger partial charge in [-0.1, -0.05) is 45.6 Å². The van der Waals surface area contributed by atoms with Gasteiger partial charge in [0.05, 0.1) is 14.2 Å². The van der Waals surface area contributed by atoms with Crippen molar-refractivity contribution >= 4 is 23.4 Å². The topological polar surface area (TPSA) is 137 Å². The van der Waals surface area contributed by atoms with Crippen LogP contribution in [0.3, 0.4) is 0 Å². The number of carboxylic acid groups (broad SMARTS) is 1. The molecule has 0 spiro atoms. The SMILES string of the molecule is C=C(\C=C(/C=C(C)/C=C(/C(=O)NC)c1ccc(OC(/C=C\C(C)CCC(C(N)=O)C(=O)O)=C/C)cc1)OC)OC.CC. The van der Waals surface area contributed by atoms with E-state index in [1.54, 1.807) is 61.7 Å². The van der Waals surface area contributed by atoms with Gasteiger partial charge in [0.1, 0.15) is 28.9 Å². The van der Waals surface area contributed by atoms with Crippen LogP contribution in [0.15, 0.2) is 90.2 Å². The van der Waals surface area contributed by atoms with Gasteiger partial charge in [0.25, 0.3) is 5.91 Å². The second-order valence-corrected chi connectivity index (χ2v) is 8.97. The van der Waals surface area contributed by atoms with E-state index in [2.05, 4.69) is 11.9 Å². The van der Waals surface area contributed by atoms with Crippen LogP contribution in [0.5, 0.6) is 5.75 Å². The molecule has 0 fully saturated rings. The number of methoxy groups -OCH3 is 2. The van der Waals surface area contributed by atoms with Crippen molar-refractivity contribution < 1.29 is 33.7 Å². The number of benzene rings is 1. The number of hydrogen-bond acceptors (Lipinski definition) is 6. The van der Waals surface area contributed by atoms with Crippen LogP contribution in [-0.4, -0.2) is 44.2 Å². The normalized spacial score (nSPS) is 13.8. The third kappa shape index (κ3) is 13.7. The Morgan fingerprint density at radius 1 is 1.02 bits per heavy atom. The van der Waals surface area contributed by atoms with Gasteiger partial charge in [-0.05, 0) is 80.2 Å². The van der Waals surface area contributed by atoms with Crippen LogP contribution >= 0.6 is 0 Å². The molecule has 1 rings (SSSR count). The van der Waals surface area contributed by atoms with Gasteiger partial charge < -0.3 is 30.4 Å². The monoisotopic (exact) mass is 582 g/mol. The highest BCUT2D eigenvalue weighted by molar-refractivity contribution is 6.19. The molecule has 4 N–H and O–H groups in total. The summed E-state index contributed by atoms with van der Waals surface area (Å²) >= 11 is 0. The predicted octanol–water partition coefficient (Wildman–Crippen LogP) is 5.92. The number of aliphatic carboxylic acids is 1. The molecular formula is C33H46N2O7. The summed E-state index contributed by atoms with van der Waals surface area (Å²) in [5.41, 5.74) is 7.09. The summed E-state index contributed by atoms with van der Waals surface area (Å²) in [7, 11) is 4.62. The quantitative estimate of drug-likeness (QED) is 0.0952. The van der Waals surface area contributed by atoms with E-state index in [0.29, 0.717) is 40.6 Å². The molecule has 9 heteroatoms. The fourth-order valence-corrected chi connectivity index (χ4v) is 3.49. The minimum Gasteiger partial charge on any atom is -0.497 e. The Balaban J connectivity index is 0.00000821. The highest BCUT2D eigenvalue weighted by Crippen LogP contribution is 2.23. The number of carbonyl (C=O) groups excluding carboxylic acids is 2. The van der Waals surface area contributed by atoms with Gasteiger partial charge in [0, 0.05) is 18.7 Å². The summed E-state index contributed by atoms with van der Waals surface area (Å²) in [6.45, 7) is 13.4. The summed E-state index contributed by atoms with van der Waals surface area (Å²) in [6.07, 6.45) is 11.3. The average molecular weight is 583 g/mol. The molecule has 1 aromatic rings. The van der Waals surface area contributed by atoms with Crippen LogP contribution in [0.25, 0.3) is 5.57 Å². The molecule has 230 valence electrons. The summed E-state index contributed by atoms with van der Waals surface area (Å²) in [4.78, 5) is 35.1. The maximum atomic E-state index is 12.7. The first kappa shape index (κ1) is 37.5. The zero-order chi connectivity index (χ0) is 32.2. The van der Waals surface area contributed by atoms with Gasteiger partial charge in [-0.3, -0.25) is 14.4 Å². The van der Waals surface area contributed by atoms with Crippen LogP contribution < -0.4 is 15.8 Å². The molecule has 0 aliphatic carbocycles. The Bertz CT molecular complexity index is 1190. The standard InChI is InChI=1S/C31H40N2O7.C2H6/c1-8-24(13-9-20(2)10-16-27(29(32)34)31(36)37)40-25-14-11-23(12-15-25)28(30(35)33-5)18-21(3)17-26(39-7)19-22(4)38-6;1-2/h8-9,11-15,17-20,27H,4,10,16H2,1-3,5-7H3,(H2,32,34)(H,33,35)(H,36,37);1-2H3/b13-9-,21-17+,24-8+,26-19+,28-18+;. The summed E-state index contributed by atoms with van der Waals surface area (Å²) in [6, 6.07) is 7.11. The van der Waals surface area contributed by atoms with Gasteiger partial charge in [-0.25, -0.2) is 0 Å². The molecular weight excluding hydrogens is 536 g/mol. The number of amides is 2. The molecule has 1 aromatic carbocycles. The van der Waals surface area contributed by atoms with Crippen molar-refractivity contribution in [3.63, 3.8) is 0 Å². The summed E-state index contributed by atoms with van der Waals surface area (Å²) in [5, 5.41) is 11.8. The third-order valence-corrected chi connectivity index (χ3v) is 5.84. The van der Waals surface area contributed by atoms with Crippen molar-refractivity contribution in [3.05, 3.63) is 95.7 Å². The smallest absolute Gasteiger partial charge is 0.316 e. The Hall–Kier alpha value is -4.53. The lowest BCUT2D eigenvalue weighted by molar-refractivity contribution is -0.146. The van der Waals surface area contributed by atoms with Crippen molar-refractivity contribution in [1.82, 2.24) is 5.32 Å². The minimum absolute atomic E-state index is 0.000270. The molecule has 0 aliphatic rings. The Kier molecular flexibility index (Phi) is 18.2. The first-order valence-electron chi connectivity index (χ1n) is 13.7. The lowest BCUT2D eigenvalue weighted by atomic mass is 9.96. The minimum atomic E-state index is -1.21. The second-order valence-electron chi connectivity index (χ2n) is 8.97. The Morgan fingerprint density at radius 3 is 2.12 bits per heavy atom.